The lowest BCUT2D eigenvalue weighted by Crippen LogP contribution is -2.17. The van der Waals surface area contributed by atoms with E-state index in [0.717, 1.165) is 72.4 Å². The maximum absolute atomic E-state index is 9.99. The Morgan fingerprint density at radius 1 is 0.319 bits per heavy atom. The number of benzene rings is 11. The average Bonchev–Trinajstić information content (AvgIpc) is 1.56. The monoisotopic (exact) mass is 1250 g/mol. The zero-order valence-corrected chi connectivity index (χ0v) is 56.9. The zero-order valence-electron chi connectivity index (χ0n) is 55.3. The van der Waals surface area contributed by atoms with E-state index in [1.54, 1.807) is 0 Å². The predicted octanol–water partition coefficient (Wildman–Crippen LogP) is 24.2. The third kappa shape index (κ3) is 9.81. The maximum atomic E-state index is 9.99. The summed E-state index contributed by atoms with van der Waals surface area (Å²) in [7, 11) is 0. The molecule has 8 heteroatoms. The topological polar surface area (TPSA) is 72.3 Å². The number of hydrogen-bond acceptors (Lipinski definition) is 6. The summed E-state index contributed by atoms with van der Waals surface area (Å²) in [5.41, 5.74) is 18.1. The summed E-state index contributed by atoms with van der Waals surface area (Å²) >= 11 is 3.73. The van der Waals surface area contributed by atoms with Crippen molar-refractivity contribution in [2.24, 2.45) is 0 Å². The van der Waals surface area contributed by atoms with E-state index in [4.69, 9.17) is 15.0 Å². The first kappa shape index (κ1) is 59.0. The molecule has 0 bridgehead atoms. The lowest BCUT2D eigenvalue weighted by atomic mass is 9.79. The van der Waals surface area contributed by atoms with Gasteiger partial charge in [0.1, 0.15) is 0 Å². The molecule has 0 spiro atoms. The first-order chi connectivity index (χ1) is 45.0. The number of hydrogen-bond donors (Lipinski definition) is 0. The lowest BCUT2D eigenvalue weighted by Gasteiger charge is -2.26. The average molecular weight is 1250 g/mol. The Hall–Kier alpha value is -10.0. The molecule has 94 heavy (non-hydrogen) atoms. The second-order valence-electron chi connectivity index (χ2n) is 29.6. The van der Waals surface area contributed by atoms with Crippen LogP contribution in [0.5, 0.6) is 0 Å². The Kier molecular flexibility index (Phi) is 13.5. The quantitative estimate of drug-likeness (QED) is 0.159. The molecule has 458 valence electrons. The van der Waals surface area contributed by atoms with E-state index in [9.17, 15) is 5.26 Å². The molecule has 11 aromatic carbocycles. The van der Waals surface area contributed by atoms with Crippen LogP contribution in [-0.2, 0) is 21.7 Å². The van der Waals surface area contributed by atoms with Crippen LogP contribution in [0.1, 0.15) is 111 Å². The van der Waals surface area contributed by atoms with Crippen LogP contribution in [0.15, 0.2) is 218 Å². The molecule has 0 aliphatic rings. The van der Waals surface area contributed by atoms with Gasteiger partial charge in [-0.3, -0.25) is 0 Å². The fourth-order valence-corrected chi connectivity index (χ4v) is 16.5. The van der Waals surface area contributed by atoms with Crippen LogP contribution in [-0.4, -0.2) is 24.1 Å². The van der Waals surface area contributed by atoms with E-state index in [1.807, 2.05) is 34.8 Å². The van der Waals surface area contributed by atoms with Crippen molar-refractivity contribution in [3.63, 3.8) is 0 Å². The van der Waals surface area contributed by atoms with E-state index in [2.05, 4.69) is 305 Å². The van der Waals surface area contributed by atoms with Crippen molar-refractivity contribution in [2.45, 2.75) is 105 Å². The van der Waals surface area contributed by atoms with Crippen LogP contribution in [0.2, 0.25) is 0 Å². The molecule has 0 fully saturated rings. The van der Waals surface area contributed by atoms with Gasteiger partial charge in [0, 0.05) is 84.1 Å². The van der Waals surface area contributed by atoms with Gasteiger partial charge in [0.2, 0.25) is 0 Å². The van der Waals surface area contributed by atoms with Gasteiger partial charge in [0.15, 0.2) is 17.5 Å². The van der Waals surface area contributed by atoms with Crippen molar-refractivity contribution < 1.29 is 0 Å². The highest BCUT2D eigenvalue weighted by Crippen LogP contribution is 2.49. The first-order valence-electron chi connectivity index (χ1n) is 32.6. The molecule has 5 heterocycles. The van der Waals surface area contributed by atoms with Gasteiger partial charge in [-0.05, 0) is 158 Å². The van der Waals surface area contributed by atoms with Crippen LogP contribution in [0.4, 0.5) is 0 Å². The molecule has 16 aromatic rings. The Morgan fingerprint density at radius 3 is 1.15 bits per heavy atom. The Morgan fingerprint density at radius 2 is 0.702 bits per heavy atom. The summed E-state index contributed by atoms with van der Waals surface area (Å²) in [6.07, 6.45) is 0. The standard InChI is InChI=1S/C86H72N6S2/c1-83(2,3)56-41-54(42-57(47-56)84(4,5)6)80-88-81(55-43-58(85(7,8)9)48-59(44-55)86(10,11)12)90-82(89-80)67-46-53(34-38-71(67)92-69-26-18-14-24-65(69)77-73(92)40-36-63-61-22-16-20-28-75(61)94-79(63)77)66-45-52(51-31-29-50(49-87)30-32-51)33-37-70(66)91-68-25-17-13-23-64(68)76-72(91)39-35-62-60-21-15-19-27-74(60)93-78(62)76/h13-48H,1-12H3. The highest BCUT2D eigenvalue weighted by molar-refractivity contribution is 7.27. The smallest absolute Gasteiger partial charge is 0.166 e. The summed E-state index contributed by atoms with van der Waals surface area (Å²) < 4.78 is 10.0. The minimum Gasteiger partial charge on any atom is -0.309 e. The number of fused-ring (bicyclic) bond motifs is 14. The molecule has 0 aliphatic carbocycles. The molecule has 0 aliphatic heterocycles. The van der Waals surface area contributed by atoms with Gasteiger partial charge in [-0.1, -0.05) is 204 Å². The van der Waals surface area contributed by atoms with Crippen LogP contribution >= 0.6 is 22.7 Å². The fourth-order valence-electron chi connectivity index (χ4n) is 13.9. The van der Waals surface area contributed by atoms with Gasteiger partial charge in [-0.25, -0.2) is 15.0 Å². The van der Waals surface area contributed by atoms with Crippen molar-refractivity contribution in [1.29, 1.82) is 5.26 Å². The van der Waals surface area contributed by atoms with Crippen molar-refractivity contribution in [3.05, 3.63) is 246 Å². The third-order valence-corrected chi connectivity index (χ3v) is 21.6. The van der Waals surface area contributed by atoms with Crippen molar-refractivity contribution in [3.8, 4) is 73.9 Å². The van der Waals surface area contributed by atoms with Crippen molar-refractivity contribution in [2.75, 3.05) is 0 Å². The molecule has 0 unspecified atom stereocenters. The van der Waals surface area contributed by atoms with E-state index >= 15 is 0 Å². The van der Waals surface area contributed by atoms with Crippen molar-refractivity contribution >= 4 is 107 Å². The normalized spacial score (nSPS) is 12.7. The number of nitriles is 1. The molecule has 0 radical (unpaired) electrons. The number of nitrogens with zero attached hydrogens (tertiary/aromatic N) is 6. The highest BCUT2D eigenvalue weighted by atomic mass is 32.1. The van der Waals surface area contributed by atoms with E-state index in [1.165, 1.54) is 84.1 Å². The van der Waals surface area contributed by atoms with E-state index < -0.39 is 0 Å². The number of para-hydroxylation sites is 2. The van der Waals surface area contributed by atoms with Crippen LogP contribution in [0, 0.1) is 11.3 Å². The van der Waals surface area contributed by atoms with Gasteiger partial charge in [-0.2, -0.15) is 5.26 Å². The summed E-state index contributed by atoms with van der Waals surface area (Å²) in [4.78, 5) is 17.4. The van der Waals surface area contributed by atoms with Gasteiger partial charge < -0.3 is 9.13 Å². The van der Waals surface area contributed by atoms with Gasteiger partial charge in [0.25, 0.3) is 0 Å². The molecule has 0 saturated heterocycles. The molecule has 5 aromatic heterocycles. The largest absolute Gasteiger partial charge is 0.309 e. The summed E-state index contributed by atoms with van der Waals surface area (Å²) in [6, 6.07) is 82.8. The van der Waals surface area contributed by atoms with Crippen LogP contribution < -0.4 is 0 Å². The number of rotatable bonds is 7. The van der Waals surface area contributed by atoms with Crippen LogP contribution in [0.25, 0.3) is 152 Å². The molecule has 16 rings (SSSR count). The zero-order chi connectivity index (χ0) is 64.9. The fraction of sp³-hybridized carbons (Fsp3) is 0.186. The maximum Gasteiger partial charge on any atom is 0.166 e. The summed E-state index contributed by atoms with van der Waals surface area (Å²) in [5, 5.41) is 19.9. The van der Waals surface area contributed by atoms with Gasteiger partial charge >= 0.3 is 0 Å². The molecule has 0 atom stereocenters. The SMILES string of the molecule is CC(C)(C)c1cc(-c2nc(-c3cc(C(C)(C)C)cc(C(C)(C)C)c3)nc(-c3cc(-c4cc(-c5ccc(C#N)cc5)ccc4-n4c5ccccc5c5c6sc7ccccc7c6ccc54)ccc3-n3c4ccccc4c4c5sc6ccccc6c5ccc43)n2)cc(C(C)(C)C)c1. The molecule has 0 saturated carbocycles. The Bertz CT molecular complexity index is 5690. The summed E-state index contributed by atoms with van der Waals surface area (Å²) in [5.74, 6) is 1.79. The minimum absolute atomic E-state index is 0.167. The highest BCUT2D eigenvalue weighted by Gasteiger charge is 2.29. The Labute approximate surface area is 557 Å². The van der Waals surface area contributed by atoms with E-state index in [0.29, 0.717) is 23.0 Å². The number of thiophene rings is 2. The molecule has 0 N–H and O–H groups in total. The summed E-state index contributed by atoms with van der Waals surface area (Å²) in [6.45, 7) is 27.5. The number of aromatic nitrogens is 5. The third-order valence-electron chi connectivity index (χ3n) is 19.2. The van der Waals surface area contributed by atoms with Gasteiger partial charge in [0.05, 0.1) is 45.1 Å². The molecular weight excluding hydrogens is 1180 g/mol. The second kappa shape index (κ2) is 21.5. The Balaban J connectivity index is 1.04. The molecule has 0 amide bonds. The lowest BCUT2D eigenvalue weighted by molar-refractivity contribution is 0.568. The second-order valence-corrected chi connectivity index (χ2v) is 31.7. The molecular formula is C86H72N6S2. The van der Waals surface area contributed by atoms with E-state index in [-0.39, 0.29) is 21.7 Å². The van der Waals surface area contributed by atoms with Crippen molar-refractivity contribution in [1.82, 2.24) is 24.1 Å². The molecule has 6 nitrogen and oxygen atoms in total. The van der Waals surface area contributed by atoms with Crippen LogP contribution in [0.3, 0.4) is 0 Å². The van der Waals surface area contributed by atoms with Gasteiger partial charge in [-0.15, -0.1) is 22.7 Å². The minimum atomic E-state index is -0.167. The predicted molar refractivity (Wildman–Crippen MR) is 401 cm³/mol. The first-order valence-corrected chi connectivity index (χ1v) is 34.2.